The van der Waals surface area contributed by atoms with Crippen LogP contribution in [-0.2, 0) is 4.79 Å². The maximum absolute atomic E-state index is 12.8. The van der Waals surface area contributed by atoms with Crippen molar-refractivity contribution >= 4 is 44.8 Å². The molecule has 0 spiro atoms. The van der Waals surface area contributed by atoms with Gasteiger partial charge in [-0.05, 0) is 86.1 Å². The van der Waals surface area contributed by atoms with Gasteiger partial charge in [0, 0.05) is 12.1 Å². The average Bonchev–Trinajstić information content (AvgIpc) is 2.79. The minimum absolute atomic E-state index is 0.0361. The van der Waals surface area contributed by atoms with E-state index in [-0.39, 0.29) is 23.7 Å². The van der Waals surface area contributed by atoms with E-state index in [0.29, 0.717) is 21.7 Å². The van der Waals surface area contributed by atoms with Crippen molar-refractivity contribution in [2.24, 2.45) is 4.99 Å². The van der Waals surface area contributed by atoms with Crippen LogP contribution in [0.15, 0.2) is 26.5 Å². The molecule has 0 aliphatic carbocycles. The summed E-state index contributed by atoms with van der Waals surface area (Å²) in [6, 6.07) is 3.63. The van der Waals surface area contributed by atoms with Gasteiger partial charge in [0.2, 0.25) is 0 Å². The Kier molecular flexibility index (Phi) is 6.57. The topological polar surface area (TPSA) is 62.1 Å². The van der Waals surface area contributed by atoms with Crippen LogP contribution in [-0.4, -0.2) is 39.8 Å². The Morgan fingerprint density at radius 1 is 1.36 bits per heavy atom. The largest absolute Gasteiger partial charge is 0.503 e. The molecule has 136 valence electrons. The average molecular weight is 427 g/mol. The monoisotopic (exact) mass is 426 g/mol. The molecule has 1 aromatic carbocycles. The molecule has 0 radical (unpaired) electrons. The Balaban J connectivity index is 2.43. The van der Waals surface area contributed by atoms with Gasteiger partial charge in [-0.2, -0.15) is 0 Å². The van der Waals surface area contributed by atoms with Gasteiger partial charge in [0.1, 0.15) is 0 Å². The molecule has 1 aromatic rings. The minimum atomic E-state index is -0.0541. The number of nitrogens with zero attached hydrogens (tertiary/aromatic N) is 2. The van der Waals surface area contributed by atoms with E-state index in [2.05, 4.69) is 20.9 Å². The fraction of sp³-hybridized carbons (Fsp3) is 0.444. The van der Waals surface area contributed by atoms with Gasteiger partial charge in [0.15, 0.2) is 16.7 Å². The summed E-state index contributed by atoms with van der Waals surface area (Å²) in [6.07, 6.45) is 1.80. The molecule has 0 aromatic heterocycles. The highest BCUT2D eigenvalue weighted by atomic mass is 79.9. The SMILES string of the molecule is CCOc1cc(/C=C2/SC(=NC(C)C)N(C(C)C)C2=O)cc(Br)c1O. The van der Waals surface area contributed by atoms with Crippen molar-refractivity contribution in [3.05, 3.63) is 27.1 Å². The zero-order chi connectivity index (χ0) is 18.7. The summed E-state index contributed by atoms with van der Waals surface area (Å²) in [5, 5.41) is 10.8. The number of aliphatic imine (C=N–C) groups is 1. The molecular formula is C18H23BrN2O3S. The molecule has 2 rings (SSSR count). The van der Waals surface area contributed by atoms with E-state index in [1.165, 1.54) is 11.8 Å². The summed E-state index contributed by atoms with van der Waals surface area (Å²) in [5.41, 5.74) is 0.776. The number of benzene rings is 1. The smallest absolute Gasteiger partial charge is 0.266 e. The fourth-order valence-electron chi connectivity index (χ4n) is 2.35. The molecule has 1 N–H and O–H groups in total. The summed E-state index contributed by atoms with van der Waals surface area (Å²) in [5.74, 6) is 0.387. The standard InChI is InChI=1S/C18H23BrN2O3S/c1-6-24-14-8-12(7-13(19)16(14)22)9-15-17(23)21(11(4)5)18(25-15)20-10(2)3/h7-11,22H,6H2,1-5H3/b15-9+,20-18?. The molecule has 1 fully saturated rings. The van der Waals surface area contributed by atoms with E-state index in [4.69, 9.17) is 4.74 Å². The van der Waals surface area contributed by atoms with Crippen LogP contribution >= 0.6 is 27.7 Å². The van der Waals surface area contributed by atoms with E-state index in [0.717, 1.165) is 10.7 Å². The number of hydrogen-bond acceptors (Lipinski definition) is 5. The van der Waals surface area contributed by atoms with Crippen molar-refractivity contribution in [1.82, 2.24) is 4.90 Å². The summed E-state index contributed by atoms with van der Waals surface area (Å²) in [4.78, 5) is 19.7. The van der Waals surface area contributed by atoms with Crippen molar-refractivity contribution in [2.75, 3.05) is 6.61 Å². The predicted octanol–water partition coefficient (Wildman–Crippen LogP) is 4.64. The first-order valence-electron chi connectivity index (χ1n) is 8.20. The molecule has 0 atom stereocenters. The van der Waals surface area contributed by atoms with Crippen LogP contribution in [0.1, 0.15) is 40.2 Å². The molecule has 1 aliphatic rings. The van der Waals surface area contributed by atoms with Crippen molar-refractivity contribution in [3.63, 3.8) is 0 Å². The van der Waals surface area contributed by atoms with Crippen molar-refractivity contribution in [2.45, 2.75) is 46.7 Å². The van der Waals surface area contributed by atoms with Crippen molar-refractivity contribution in [3.8, 4) is 11.5 Å². The maximum Gasteiger partial charge on any atom is 0.266 e. The van der Waals surface area contributed by atoms with Gasteiger partial charge in [0.05, 0.1) is 16.0 Å². The Morgan fingerprint density at radius 2 is 2.04 bits per heavy atom. The zero-order valence-corrected chi connectivity index (χ0v) is 17.4. The first-order valence-corrected chi connectivity index (χ1v) is 9.81. The molecular weight excluding hydrogens is 404 g/mol. The Hall–Kier alpha value is -1.47. The Bertz CT molecular complexity index is 729. The highest BCUT2D eigenvalue weighted by Gasteiger charge is 2.35. The van der Waals surface area contributed by atoms with Gasteiger partial charge in [-0.1, -0.05) is 0 Å². The lowest BCUT2D eigenvalue weighted by molar-refractivity contribution is -0.123. The number of hydrogen-bond donors (Lipinski definition) is 1. The third-order valence-corrected chi connectivity index (χ3v) is 4.97. The number of phenols is 1. The van der Waals surface area contributed by atoms with Gasteiger partial charge >= 0.3 is 0 Å². The lowest BCUT2D eigenvalue weighted by Gasteiger charge is -2.20. The van der Waals surface area contributed by atoms with Crippen LogP contribution in [0.4, 0.5) is 0 Å². The molecule has 1 amide bonds. The van der Waals surface area contributed by atoms with E-state index in [9.17, 15) is 9.90 Å². The highest BCUT2D eigenvalue weighted by Crippen LogP contribution is 2.38. The number of ether oxygens (including phenoxy) is 1. The summed E-state index contributed by atoms with van der Waals surface area (Å²) in [6.45, 7) is 10.2. The quantitative estimate of drug-likeness (QED) is 0.696. The molecule has 1 aliphatic heterocycles. The number of phenolic OH excluding ortho intramolecular Hbond substituents is 1. The lowest BCUT2D eigenvalue weighted by Crippen LogP contribution is -2.35. The molecule has 1 heterocycles. The van der Waals surface area contributed by atoms with Crippen LogP contribution in [0.3, 0.4) is 0 Å². The summed E-state index contributed by atoms with van der Waals surface area (Å²) < 4.78 is 5.97. The van der Waals surface area contributed by atoms with Crippen molar-refractivity contribution < 1.29 is 14.6 Å². The van der Waals surface area contributed by atoms with Crippen molar-refractivity contribution in [1.29, 1.82) is 0 Å². The van der Waals surface area contributed by atoms with E-state index in [1.807, 2.05) is 34.6 Å². The summed E-state index contributed by atoms with van der Waals surface area (Å²) >= 11 is 4.70. The first-order chi connectivity index (χ1) is 11.7. The molecule has 1 saturated heterocycles. The van der Waals surface area contributed by atoms with Gasteiger partial charge < -0.3 is 9.84 Å². The van der Waals surface area contributed by atoms with E-state index in [1.54, 1.807) is 23.1 Å². The molecule has 5 nitrogen and oxygen atoms in total. The van der Waals surface area contributed by atoms with Gasteiger partial charge in [0.25, 0.3) is 5.91 Å². The first kappa shape index (κ1) is 19.8. The fourth-order valence-corrected chi connectivity index (χ4v) is 4.04. The second kappa shape index (κ2) is 8.27. The number of carbonyl (C=O) groups excluding carboxylic acids is 1. The second-order valence-electron chi connectivity index (χ2n) is 6.17. The number of thioether (sulfide) groups is 1. The molecule has 0 unspecified atom stereocenters. The number of aromatic hydroxyl groups is 1. The number of rotatable bonds is 5. The van der Waals surface area contributed by atoms with Gasteiger partial charge in [-0.25, -0.2) is 0 Å². The molecule has 25 heavy (non-hydrogen) atoms. The van der Waals surface area contributed by atoms with Crippen LogP contribution < -0.4 is 4.74 Å². The third kappa shape index (κ3) is 4.58. The van der Waals surface area contributed by atoms with Crippen LogP contribution in [0.2, 0.25) is 0 Å². The lowest BCUT2D eigenvalue weighted by atomic mass is 10.2. The number of amidine groups is 1. The van der Waals surface area contributed by atoms with E-state index >= 15 is 0 Å². The number of carbonyl (C=O) groups is 1. The van der Waals surface area contributed by atoms with Crippen LogP contribution in [0.25, 0.3) is 6.08 Å². The molecule has 0 bridgehead atoms. The Labute approximate surface area is 161 Å². The zero-order valence-electron chi connectivity index (χ0n) is 15.0. The Morgan fingerprint density at radius 3 is 2.60 bits per heavy atom. The second-order valence-corrected chi connectivity index (χ2v) is 8.03. The molecule has 0 saturated carbocycles. The maximum atomic E-state index is 12.8. The highest BCUT2D eigenvalue weighted by molar-refractivity contribution is 9.10. The van der Waals surface area contributed by atoms with E-state index < -0.39 is 0 Å². The predicted molar refractivity (Wildman–Crippen MR) is 107 cm³/mol. The third-order valence-electron chi connectivity index (χ3n) is 3.37. The normalized spacial score (nSPS) is 18.2. The number of halogens is 1. The van der Waals surface area contributed by atoms with Gasteiger partial charge in [-0.15, -0.1) is 0 Å². The van der Waals surface area contributed by atoms with Crippen LogP contribution in [0, 0.1) is 0 Å². The van der Waals surface area contributed by atoms with Gasteiger partial charge in [-0.3, -0.25) is 14.7 Å². The minimum Gasteiger partial charge on any atom is -0.503 e. The molecule has 7 heteroatoms. The summed E-state index contributed by atoms with van der Waals surface area (Å²) in [7, 11) is 0. The number of amides is 1. The van der Waals surface area contributed by atoms with Crippen LogP contribution in [0.5, 0.6) is 11.5 Å².